The van der Waals surface area contributed by atoms with Crippen LogP contribution < -0.4 is 0 Å². The van der Waals surface area contributed by atoms with Crippen molar-refractivity contribution in [3.8, 4) is 0 Å². The van der Waals surface area contributed by atoms with Gasteiger partial charge in [0.1, 0.15) is 12.6 Å². The Morgan fingerprint density at radius 1 is 1.20 bits per heavy atom. The molecule has 1 aliphatic rings. The minimum Gasteiger partial charge on any atom is -0.459 e. The summed E-state index contributed by atoms with van der Waals surface area (Å²) in [6, 6.07) is 12.7. The number of esters is 1. The molecular weight excluding hydrogens is 316 g/mol. The summed E-state index contributed by atoms with van der Waals surface area (Å²) < 4.78 is 5.39. The Kier molecular flexibility index (Phi) is 5.57. The Bertz CT molecular complexity index is 744. The van der Waals surface area contributed by atoms with E-state index < -0.39 is 6.04 Å². The fourth-order valence-corrected chi connectivity index (χ4v) is 2.84. The molecular formula is C20H20N2O3. The second-order valence-electron chi connectivity index (χ2n) is 5.90. The van der Waals surface area contributed by atoms with Crippen LogP contribution in [0.25, 0.3) is 6.08 Å². The molecule has 1 unspecified atom stereocenters. The highest BCUT2D eigenvalue weighted by molar-refractivity contribution is 5.95. The maximum absolute atomic E-state index is 12.4. The van der Waals surface area contributed by atoms with Crippen LogP contribution in [0.5, 0.6) is 0 Å². The van der Waals surface area contributed by atoms with E-state index in [0.717, 1.165) is 17.5 Å². The quantitative estimate of drug-likeness (QED) is 0.622. The monoisotopic (exact) mass is 336 g/mol. The van der Waals surface area contributed by atoms with Crippen molar-refractivity contribution in [2.75, 3.05) is 6.54 Å². The van der Waals surface area contributed by atoms with E-state index in [-0.39, 0.29) is 18.5 Å². The van der Waals surface area contributed by atoms with Crippen LogP contribution in [0.1, 0.15) is 24.0 Å². The van der Waals surface area contributed by atoms with Gasteiger partial charge in [0.2, 0.25) is 5.91 Å². The van der Waals surface area contributed by atoms with Gasteiger partial charge < -0.3 is 9.64 Å². The summed E-state index contributed by atoms with van der Waals surface area (Å²) in [6.45, 7) is 0.797. The zero-order valence-corrected chi connectivity index (χ0v) is 13.9. The number of hydrogen-bond donors (Lipinski definition) is 0. The first-order valence-electron chi connectivity index (χ1n) is 8.33. The second kappa shape index (κ2) is 8.24. The van der Waals surface area contributed by atoms with E-state index in [1.165, 1.54) is 6.08 Å². The van der Waals surface area contributed by atoms with Crippen LogP contribution in [0.15, 0.2) is 60.9 Å². The standard InChI is InChI=1S/C20H20N2O3/c23-19(11-10-16-8-4-12-21-14-16)22-13-5-9-18(22)20(24)25-15-17-6-2-1-3-7-17/h1-4,6-8,10-12,14,18H,5,9,13,15H2. The number of rotatable bonds is 5. The van der Waals surface area contributed by atoms with E-state index in [1.807, 2.05) is 42.5 Å². The zero-order chi connectivity index (χ0) is 17.5. The summed E-state index contributed by atoms with van der Waals surface area (Å²) in [7, 11) is 0. The fraction of sp³-hybridized carbons (Fsp3) is 0.250. The Hall–Kier alpha value is -2.95. The molecule has 1 saturated heterocycles. The van der Waals surface area contributed by atoms with Gasteiger partial charge in [0, 0.05) is 25.0 Å². The summed E-state index contributed by atoms with van der Waals surface area (Å²) in [5, 5.41) is 0. The number of hydrogen-bond acceptors (Lipinski definition) is 4. The average Bonchev–Trinajstić information content (AvgIpc) is 3.16. The lowest BCUT2D eigenvalue weighted by atomic mass is 10.2. The molecule has 0 N–H and O–H groups in total. The van der Waals surface area contributed by atoms with Crippen LogP contribution in [0.4, 0.5) is 0 Å². The maximum atomic E-state index is 12.4. The summed E-state index contributed by atoms with van der Waals surface area (Å²) in [5.41, 5.74) is 1.78. The molecule has 2 heterocycles. The highest BCUT2D eigenvalue weighted by Gasteiger charge is 2.34. The molecule has 3 rings (SSSR count). The molecule has 1 atom stereocenters. The number of benzene rings is 1. The highest BCUT2D eigenvalue weighted by Crippen LogP contribution is 2.20. The molecule has 1 aromatic heterocycles. The number of carbonyl (C=O) groups excluding carboxylic acids is 2. The van der Waals surface area contributed by atoms with Gasteiger partial charge >= 0.3 is 5.97 Å². The summed E-state index contributed by atoms with van der Waals surface area (Å²) in [6.07, 6.45) is 8.00. The van der Waals surface area contributed by atoms with Crippen LogP contribution in [-0.2, 0) is 20.9 Å². The van der Waals surface area contributed by atoms with Crippen LogP contribution in [0.3, 0.4) is 0 Å². The molecule has 128 valence electrons. The van der Waals surface area contributed by atoms with Crippen molar-refractivity contribution in [3.63, 3.8) is 0 Å². The molecule has 1 aromatic carbocycles. The molecule has 5 nitrogen and oxygen atoms in total. The number of aromatic nitrogens is 1. The number of likely N-dealkylation sites (tertiary alicyclic amines) is 1. The summed E-state index contributed by atoms with van der Waals surface area (Å²) in [5.74, 6) is -0.521. The number of pyridine rings is 1. The minimum atomic E-state index is -0.505. The fourth-order valence-electron chi connectivity index (χ4n) is 2.84. The van der Waals surface area contributed by atoms with Crippen LogP contribution in [-0.4, -0.2) is 34.3 Å². The Morgan fingerprint density at radius 2 is 2.04 bits per heavy atom. The Morgan fingerprint density at radius 3 is 2.80 bits per heavy atom. The molecule has 1 aliphatic heterocycles. The van der Waals surface area contributed by atoms with E-state index in [9.17, 15) is 9.59 Å². The smallest absolute Gasteiger partial charge is 0.329 e. The highest BCUT2D eigenvalue weighted by atomic mass is 16.5. The normalized spacial score (nSPS) is 17.0. The summed E-state index contributed by atoms with van der Waals surface area (Å²) >= 11 is 0. The van der Waals surface area contributed by atoms with Crippen molar-refractivity contribution in [1.29, 1.82) is 0 Å². The predicted octanol–water partition coefficient (Wildman–Crippen LogP) is 2.83. The lowest BCUT2D eigenvalue weighted by Gasteiger charge is -2.22. The molecule has 1 amide bonds. The van der Waals surface area contributed by atoms with E-state index in [1.54, 1.807) is 23.4 Å². The molecule has 0 radical (unpaired) electrons. The van der Waals surface area contributed by atoms with Gasteiger partial charge in [-0.15, -0.1) is 0 Å². The molecule has 5 heteroatoms. The molecule has 0 saturated carbocycles. The topological polar surface area (TPSA) is 59.5 Å². The molecule has 0 bridgehead atoms. The molecule has 0 spiro atoms. The van der Waals surface area contributed by atoms with Gasteiger partial charge in [-0.2, -0.15) is 0 Å². The summed E-state index contributed by atoms with van der Waals surface area (Å²) in [4.78, 5) is 30.4. The molecule has 0 aliphatic carbocycles. The number of amides is 1. The lowest BCUT2D eigenvalue weighted by molar-refractivity contribution is -0.153. The second-order valence-corrected chi connectivity index (χ2v) is 5.90. The van der Waals surface area contributed by atoms with E-state index in [4.69, 9.17) is 4.74 Å². The SMILES string of the molecule is O=C(OCc1ccccc1)C1CCCN1C(=O)C=Cc1cccnc1. The molecule has 1 fully saturated rings. The van der Waals surface area contributed by atoms with E-state index >= 15 is 0 Å². The lowest BCUT2D eigenvalue weighted by Crippen LogP contribution is -2.40. The van der Waals surface area contributed by atoms with Crippen molar-refractivity contribution >= 4 is 18.0 Å². The van der Waals surface area contributed by atoms with Gasteiger partial charge in [-0.1, -0.05) is 36.4 Å². The first kappa shape index (κ1) is 16.9. The van der Waals surface area contributed by atoms with Gasteiger partial charge in [-0.05, 0) is 36.1 Å². The van der Waals surface area contributed by atoms with Crippen molar-refractivity contribution in [2.45, 2.75) is 25.5 Å². The maximum Gasteiger partial charge on any atom is 0.329 e. The average molecular weight is 336 g/mol. The third kappa shape index (κ3) is 4.53. The van der Waals surface area contributed by atoms with Gasteiger partial charge in [0.05, 0.1) is 0 Å². The number of ether oxygens (including phenoxy) is 1. The van der Waals surface area contributed by atoms with Crippen molar-refractivity contribution < 1.29 is 14.3 Å². The van der Waals surface area contributed by atoms with Crippen molar-refractivity contribution in [2.24, 2.45) is 0 Å². The van der Waals surface area contributed by atoms with Crippen LogP contribution in [0.2, 0.25) is 0 Å². The van der Waals surface area contributed by atoms with E-state index in [2.05, 4.69) is 4.98 Å². The van der Waals surface area contributed by atoms with Gasteiger partial charge in [-0.3, -0.25) is 9.78 Å². The zero-order valence-electron chi connectivity index (χ0n) is 13.9. The van der Waals surface area contributed by atoms with Gasteiger partial charge in [0.15, 0.2) is 0 Å². The third-order valence-corrected chi connectivity index (χ3v) is 4.13. The largest absolute Gasteiger partial charge is 0.459 e. The van der Waals surface area contributed by atoms with Crippen LogP contribution in [0, 0.1) is 0 Å². The molecule has 2 aromatic rings. The first-order valence-corrected chi connectivity index (χ1v) is 8.33. The van der Waals surface area contributed by atoms with Crippen LogP contribution >= 0.6 is 0 Å². The first-order chi connectivity index (χ1) is 12.2. The van der Waals surface area contributed by atoms with Gasteiger partial charge in [0.25, 0.3) is 0 Å². The van der Waals surface area contributed by atoms with Crippen molar-refractivity contribution in [3.05, 3.63) is 72.1 Å². The molecule has 25 heavy (non-hydrogen) atoms. The minimum absolute atomic E-state index is 0.178. The Labute approximate surface area is 146 Å². The number of nitrogens with zero attached hydrogens (tertiary/aromatic N) is 2. The van der Waals surface area contributed by atoms with Crippen molar-refractivity contribution in [1.82, 2.24) is 9.88 Å². The van der Waals surface area contributed by atoms with E-state index in [0.29, 0.717) is 13.0 Å². The third-order valence-electron chi connectivity index (χ3n) is 4.13. The van der Waals surface area contributed by atoms with Gasteiger partial charge in [-0.25, -0.2) is 4.79 Å². The Balaban J connectivity index is 1.58. The number of carbonyl (C=O) groups is 2. The predicted molar refractivity (Wildman–Crippen MR) is 94.2 cm³/mol.